The molecule has 1 unspecified atom stereocenters. The number of carbonyl (C=O) groups excluding carboxylic acids is 1. The van der Waals surface area contributed by atoms with Crippen molar-refractivity contribution in [1.29, 1.82) is 5.26 Å². The number of nitriles is 1. The summed E-state index contributed by atoms with van der Waals surface area (Å²) in [5.74, 6) is -3.58. The quantitative estimate of drug-likeness (QED) is 0.647. The van der Waals surface area contributed by atoms with Gasteiger partial charge in [0.15, 0.2) is 6.10 Å². The summed E-state index contributed by atoms with van der Waals surface area (Å²) < 4.78 is 32.4. The molecule has 0 aliphatic carbocycles. The van der Waals surface area contributed by atoms with Crippen molar-refractivity contribution in [1.82, 2.24) is 0 Å². The first-order chi connectivity index (χ1) is 14.0. The van der Waals surface area contributed by atoms with Crippen molar-refractivity contribution in [2.24, 2.45) is 11.7 Å². The van der Waals surface area contributed by atoms with Crippen LogP contribution in [0.2, 0.25) is 0 Å². The summed E-state index contributed by atoms with van der Waals surface area (Å²) in [6.07, 6.45) is 0.629. The molecule has 6 heteroatoms. The molecule has 0 spiro atoms. The summed E-state index contributed by atoms with van der Waals surface area (Å²) in [7, 11) is 0. The van der Waals surface area contributed by atoms with Crippen molar-refractivity contribution < 1.29 is 18.3 Å². The van der Waals surface area contributed by atoms with E-state index in [-0.39, 0.29) is 17.2 Å². The van der Waals surface area contributed by atoms with Crippen molar-refractivity contribution >= 4 is 5.91 Å². The fraction of sp³-hybridized carbons (Fsp3) is 0.417. The van der Waals surface area contributed by atoms with Crippen LogP contribution >= 0.6 is 0 Å². The van der Waals surface area contributed by atoms with Gasteiger partial charge in [-0.05, 0) is 49.4 Å². The monoisotopic (exact) mass is 416 g/mol. The molecule has 0 bridgehead atoms. The van der Waals surface area contributed by atoms with Gasteiger partial charge in [-0.25, -0.2) is 8.78 Å². The number of nitrogens with zero attached hydrogens (tertiary/aromatic N) is 1. The molecule has 0 saturated carbocycles. The molecule has 2 aromatic carbocycles. The number of alkyl halides is 2. The number of rotatable bonds is 7. The number of ether oxygens (including phenoxy) is 1. The molecule has 2 rings (SSSR count). The standard InChI is InChI=1S/C15H18F2N2O2.C9H12/c1-9(2)6-13(14(19)20)21-11-5-4-10(8-18)12(7-11)15(3,16)17;1-3-9-6-4-8(2)5-7-9/h4-5,7,9,13H,6H2,1-3H3,(H2,19,20);4-7H,3H2,1-2H3. The van der Waals surface area contributed by atoms with E-state index in [4.69, 9.17) is 15.7 Å². The van der Waals surface area contributed by atoms with Crippen LogP contribution in [0, 0.1) is 24.2 Å². The lowest BCUT2D eigenvalue weighted by molar-refractivity contribution is -0.125. The van der Waals surface area contributed by atoms with Crippen molar-refractivity contribution in [3.05, 3.63) is 64.7 Å². The van der Waals surface area contributed by atoms with E-state index < -0.39 is 23.5 Å². The number of benzene rings is 2. The summed E-state index contributed by atoms with van der Waals surface area (Å²) in [5, 5.41) is 8.86. The number of halogens is 2. The predicted octanol–water partition coefficient (Wildman–Crippen LogP) is 5.51. The smallest absolute Gasteiger partial charge is 0.271 e. The molecule has 0 saturated heterocycles. The highest BCUT2D eigenvalue weighted by molar-refractivity contribution is 5.79. The minimum Gasteiger partial charge on any atom is -0.481 e. The molecule has 0 aliphatic heterocycles. The average molecular weight is 417 g/mol. The third-order valence-corrected chi connectivity index (χ3v) is 4.39. The van der Waals surface area contributed by atoms with Crippen LogP contribution in [0.3, 0.4) is 0 Å². The first-order valence-electron chi connectivity index (χ1n) is 9.91. The van der Waals surface area contributed by atoms with E-state index in [1.165, 1.54) is 23.3 Å². The number of aryl methyl sites for hydroxylation is 2. The van der Waals surface area contributed by atoms with Crippen molar-refractivity contribution in [3.63, 3.8) is 0 Å². The molecule has 0 aromatic heterocycles. The average Bonchev–Trinajstić information content (AvgIpc) is 2.67. The zero-order chi connectivity index (χ0) is 22.9. The van der Waals surface area contributed by atoms with Gasteiger partial charge >= 0.3 is 0 Å². The summed E-state index contributed by atoms with van der Waals surface area (Å²) in [5.41, 5.74) is 7.44. The molecule has 0 fully saturated rings. The van der Waals surface area contributed by atoms with Gasteiger partial charge in [-0.3, -0.25) is 4.79 Å². The summed E-state index contributed by atoms with van der Waals surface area (Å²) >= 11 is 0. The predicted molar refractivity (Wildman–Crippen MR) is 114 cm³/mol. The fourth-order valence-corrected chi connectivity index (χ4v) is 2.70. The van der Waals surface area contributed by atoms with E-state index in [0.29, 0.717) is 13.3 Å². The van der Waals surface area contributed by atoms with Crippen molar-refractivity contribution in [2.45, 2.75) is 59.5 Å². The molecule has 162 valence electrons. The van der Waals surface area contributed by atoms with Crippen molar-refractivity contribution in [2.75, 3.05) is 0 Å². The minimum atomic E-state index is -3.18. The van der Waals surface area contributed by atoms with Crippen LogP contribution in [0.1, 0.15) is 56.4 Å². The Morgan fingerprint density at radius 2 is 1.80 bits per heavy atom. The Morgan fingerprint density at radius 1 is 1.20 bits per heavy atom. The number of primary amides is 1. The second-order valence-corrected chi connectivity index (χ2v) is 7.69. The maximum absolute atomic E-state index is 13.5. The SMILES string of the molecule is CC(C)CC(Oc1ccc(C#N)c(C(C)(F)F)c1)C(N)=O.CCc1ccc(C)cc1. The highest BCUT2D eigenvalue weighted by Crippen LogP contribution is 2.32. The Hall–Kier alpha value is -2.94. The number of carbonyl (C=O) groups is 1. The maximum Gasteiger partial charge on any atom is 0.271 e. The van der Waals surface area contributed by atoms with Gasteiger partial charge in [0.1, 0.15) is 5.75 Å². The third-order valence-electron chi connectivity index (χ3n) is 4.39. The third kappa shape index (κ3) is 8.20. The summed E-state index contributed by atoms with van der Waals surface area (Å²) in [6, 6.07) is 14.1. The second-order valence-electron chi connectivity index (χ2n) is 7.69. The number of amides is 1. The molecule has 0 aliphatic rings. The van der Waals surface area contributed by atoms with Crippen LogP contribution in [0.25, 0.3) is 0 Å². The summed E-state index contributed by atoms with van der Waals surface area (Å²) in [6.45, 7) is 8.77. The topological polar surface area (TPSA) is 76.1 Å². The Labute approximate surface area is 177 Å². The van der Waals surface area contributed by atoms with E-state index >= 15 is 0 Å². The lowest BCUT2D eigenvalue weighted by atomic mass is 10.0. The largest absolute Gasteiger partial charge is 0.481 e. The van der Waals surface area contributed by atoms with E-state index in [0.717, 1.165) is 12.5 Å². The van der Waals surface area contributed by atoms with Gasteiger partial charge in [-0.2, -0.15) is 5.26 Å². The lowest BCUT2D eigenvalue weighted by Gasteiger charge is -2.19. The minimum absolute atomic E-state index is 0.0926. The zero-order valence-corrected chi connectivity index (χ0v) is 18.2. The Morgan fingerprint density at radius 3 is 2.23 bits per heavy atom. The van der Waals surface area contributed by atoms with E-state index in [1.54, 1.807) is 6.07 Å². The molecule has 4 nitrogen and oxygen atoms in total. The maximum atomic E-state index is 13.5. The van der Waals surface area contributed by atoms with Gasteiger partial charge in [0, 0.05) is 12.5 Å². The van der Waals surface area contributed by atoms with E-state index in [9.17, 15) is 13.6 Å². The highest BCUT2D eigenvalue weighted by atomic mass is 19.3. The molecular weight excluding hydrogens is 386 g/mol. The first-order valence-corrected chi connectivity index (χ1v) is 9.91. The molecule has 2 aromatic rings. The van der Waals surface area contributed by atoms with Crippen LogP contribution in [0.4, 0.5) is 8.78 Å². The van der Waals surface area contributed by atoms with Gasteiger partial charge in [-0.1, -0.05) is 50.6 Å². The van der Waals surface area contributed by atoms with Crippen molar-refractivity contribution in [3.8, 4) is 11.8 Å². The molecule has 0 radical (unpaired) electrons. The molecule has 1 amide bonds. The second kappa shape index (κ2) is 11.3. The van der Waals surface area contributed by atoms with Crippen LogP contribution in [0.15, 0.2) is 42.5 Å². The normalized spacial score (nSPS) is 11.8. The first kappa shape index (κ1) is 25.1. The van der Waals surface area contributed by atoms with Gasteiger partial charge < -0.3 is 10.5 Å². The molecule has 1 atom stereocenters. The Bertz CT molecular complexity index is 866. The van der Waals surface area contributed by atoms with Gasteiger partial charge in [0.05, 0.1) is 11.6 Å². The summed E-state index contributed by atoms with van der Waals surface area (Å²) in [4.78, 5) is 11.3. The fourth-order valence-electron chi connectivity index (χ4n) is 2.70. The van der Waals surface area contributed by atoms with Gasteiger partial charge in [-0.15, -0.1) is 0 Å². The number of nitrogens with two attached hydrogens (primary N) is 1. The molecular formula is C24H30F2N2O2. The van der Waals surface area contributed by atoms with Gasteiger partial charge in [0.2, 0.25) is 0 Å². The number of hydrogen-bond acceptors (Lipinski definition) is 3. The highest BCUT2D eigenvalue weighted by Gasteiger charge is 2.29. The lowest BCUT2D eigenvalue weighted by Crippen LogP contribution is -2.35. The Balaban J connectivity index is 0.000000414. The molecule has 0 heterocycles. The number of hydrogen-bond donors (Lipinski definition) is 1. The van der Waals surface area contributed by atoms with Crippen LogP contribution in [-0.2, 0) is 17.1 Å². The van der Waals surface area contributed by atoms with E-state index in [1.807, 2.05) is 13.8 Å². The van der Waals surface area contributed by atoms with Crippen LogP contribution < -0.4 is 10.5 Å². The van der Waals surface area contributed by atoms with Gasteiger partial charge in [0.25, 0.3) is 11.8 Å². The molecule has 30 heavy (non-hydrogen) atoms. The van der Waals surface area contributed by atoms with Crippen LogP contribution in [-0.4, -0.2) is 12.0 Å². The van der Waals surface area contributed by atoms with Crippen LogP contribution in [0.5, 0.6) is 5.75 Å². The molecule has 2 N–H and O–H groups in total. The zero-order valence-electron chi connectivity index (χ0n) is 18.2. The van der Waals surface area contributed by atoms with E-state index in [2.05, 4.69) is 38.1 Å². The Kier molecular flexibility index (Phi) is 9.45.